The molecular weight excluding hydrogens is 730 g/mol. The maximum absolute atomic E-state index is 13.4. The Hall–Kier alpha value is -1.02. The Morgan fingerprint density at radius 3 is 2.39 bits per heavy atom. The normalized spacial score (nSPS) is 35.9. The first-order chi connectivity index (χ1) is 19.2. The van der Waals surface area contributed by atoms with E-state index in [1.807, 2.05) is 26.8 Å². The van der Waals surface area contributed by atoms with Crippen LogP contribution >= 0.6 is 47.8 Å². The zero-order valence-corrected chi connectivity index (χ0v) is 28.7. The number of methoxy groups -OCH3 is 1. The fourth-order valence-corrected chi connectivity index (χ4v) is 7.74. The number of halogens is 3. The van der Waals surface area contributed by atoms with Gasteiger partial charge in [0.1, 0.15) is 24.0 Å². The number of esters is 2. The first-order valence-electron chi connectivity index (χ1n) is 13.8. The Morgan fingerprint density at radius 1 is 1.15 bits per heavy atom. The van der Waals surface area contributed by atoms with Gasteiger partial charge in [0.2, 0.25) is 0 Å². The van der Waals surface area contributed by atoms with Gasteiger partial charge in [-0.15, -0.1) is 0 Å². The number of rotatable bonds is 7. The molecule has 9 nitrogen and oxygen atoms in total. The van der Waals surface area contributed by atoms with Crippen molar-refractivity contribution in [2.75, 3.05) is 7.11 Å². The highest BCUT2D eigenvalue weighted by atomic mass is 79.9. The second-order valence-corrected chi connectivity index (χ2v) is 13.9. The number of nitrogens with one attached hydrogen (secondary N) is 1. The maximum atomic E-state index is 13.4. The molecule has 3 heterocycles. The maximum Gasteiger partial charge on any atom is 0.356 e. The van der Waals surface area contributed by atoms with Crippen LogP contribution in [0.5, 0.6) is 0 Å². The van der Waals surface area contributed by atoms with Crippen LogP contribution in [0.2, 0.25) is 0 Å². The lowest BCUT2D eigenvalue weighted by Gasteiger charge is -2.41. The molecule has 3 N–H and O–H groups in total. The van der Waals surface area contributed by atoms with Crippen molar-refractivity contribution in [3.05, 3.63) is 43.0 Å². The van der Waals surface area contributed by atoms with Gasteiger partial charge < -0.3 is 34.1 Å². The van der Waals surface area contributed by atoms with Crippen molar-refractivity contribution >= 4 is 59.7 Å². The smallest absolute Gasteiger partial charge is 0.356 e. The van der Waals surface area contributed by atoms with E-state index in [1.54, 1.807) is 13.8 Å². The number of aromatic nitrogens is 1. The van der Waals surface area contributed by atoms with Crippen LogP contribution in [-0.4, -0.2) is 76.5 Å². The molecule has 2 bridgehead atoms. The lowest BCUT2D eigenvalue weighted by Crippen LogP contribution is -2.47. The van der Waals surface area contributed by atoms with Crippen molar-refractivity contribution in [2.45, 2.75) is 89.7 Å². The lowest BCUT2D eigenvalue weighted by molar-refractivity contribution is -0.172. The van der Waals surface area contributed by atoms with Crippen molar-refractivity contribution < 1.29 is 38.7 Å². The molecule has 0 aromatic carbocycles. The van der Waals surface area contributed by atoms with Crippen LogP contribution in [0.4, 0.5) is 0 Å². The molecule has 41 heavy (non-hydrogen) atoms. The van der Waals surface area contributed by atoms with Crippen LogP contribution < -0.4 is 0 Å². The predicted octanol–water partition coefficient (Wildman–Crippen LogP) is 5.47. The highest BCUT2D eigenvalue weighted by Gasteiger charge is 2.57. The predicted molar refractivity (Wildman–Crippen MR) is 162 cm³/mol. The van der Waals surface area contributed by atoms with Gasteiger partial charge in [-0.25, -0.2) is 9.59 Å². The summed E-state index contributed by atoms with van der Waals surface area (Å²) in [6.07, 6.45) is 2.43. The number of aromatic amines is 1. The summed E-state index contributed by atoms with van der Waals surface area (Å²) < 4.78 is 26.2. The van der Waals surface area contributed by atoms with E-state index in [2.05, 4.69) is 64.9 Å². The van der Waals surface area contributed by atoms with Crippen LogP contribution in [-0.2, 0) is 23.7 Å². The first-order valence-corrected chi connectivity index (χ1v) is 16.2. The second-order valence-electron chi connectivity index (χ2n) is 11.6. The molecule has 11 atom stereocenters. The van der Waals surface area contributed by atoms with E-state index in [9.17, 15) is 19.8 Å². The van der Waals surface area contributed by atoms with Gasteiger partial charge in [0, 0.05) is 30.8 Å². The molecule has 1 aromatic rings. The zero-order valence-electron chi connectivity index (χ0n) is 23.9. The summed E-state index contributed by atoms with van der Waals surface area (Å²) in [6.45, 7) is 9.00. The molecule has 3 aliphatic rings. The SMILES string of the molecule is CO[C@H]1C[C@H]2C=C[C@@H]3C[C@]2(O[C@H]3[C@H](OC(=O)c2[nH]c(Br)c(Br)c2Br)[C@H](C)[C@H](C)O)/C(C)=C/[C@@H](C)[C@@H]([C@@H](C)O)OC1=O. The van der Waals surface area contributed by atoms with Gasteiger partial charge in [0.15, 0.2) is 6.10 Å². The minimum atomic E-state index is -0.887. The van der Waals surface area contributed by atoms with Gasteiger partial charge in [0.25, 0.3) is 0 Å². The molecule has 2 aliphatic heterocycles. The number of carbonyl (C=O) groups is 2. The number of fused-ring (bicyclic) bond motifs is 1. The van der Waals surface area contributed by atoms with E-state index in [4.69, 9.17) is 18.9 Å². The fraction of sp³-hybridized carbons (Fsp3) is 0.655. The summed E-state index contributed by atoms with van der Waals surface area (Å²) in [5.41, 5.74) is 0.367. The molecule has 0 saturated carbocycles. The van der Waals surface area contributed by atoms with E-state index < -0.39 is 60.1 Å². The van der Waals surface area contributed by atoms with E-state index >= 15 is 0 Å². The van der Waals surface area contributed by atoms with E-state index in [0.717, 1.165) is 5.57 Å². The molecule has 12 heteroatoms. The summed E-state index contributed by atoms with van der Waals surface area (Å²) in [4.78, 5) is 29.5. The van der Waals surface area contributed by atoms with Crippen molar-refractivity contribution in [3.63, 3.8) is 0 Å². The summed E-state index contributed by atoms with van der Waals surface area (Å²) >= 11 is 10.2. The van der Waals surface area contributed by atoms with Gasteiger partial charge in [-0.2, -0.15) is 0 Å². The topological polar surface area (TPSA) is 127 Å². The Labute approximate surface area is 265 Å². The minimum absolute atomic E-state index is 0.113. The molecule has 1 aliphatic carbocycles. The van der Waals surface area contributed by atoms with Gasteiger partial charge in [-0.05, 0) is 87.0 Å². The Balaban J connectivity index is 1.74. The highest BCUT2D eigenvalue weighted by Crippen LogP contribution is 2.53. The van der Waals surface area contributed by atoms with Crippen LogP contribution in [0.25, 0.3) is 0 Å². The van der Waals surface area contributed by atoms with Gasteiger partial charge in [0.05, 0.1) is 31.4 Å². The van der Waals surface area contributed by atoms with Crippen LogP contribution in [0.15, 0.2) is 37.3 Å². The van der Waals surface area contributed by atoms with E-state index in [-0.39, 0.29) is 23.4 Å². The number of carbonyl (C=O) groups excluding carboxylic acids is 2. The number of H-pyrrole nitrogens is 1. The molecule has 1 fully saturated rings. The van der Waals surface area contributed by atoms with E-state index in [1.165, 1.54) is 7.11 Å². The Morgan fingerprint density at radius 2 is 1.83 bits per heavy atom. The molecule has 1 aromatic heterocycles. The van der Waals surface area contributed by atoms with Crippen molar-refractivity contribution in [1.29, 1.82) is 0 Å². The third-order valence-corrected chi connectivity index (χ3v) is 12.1. The third-order valence-electron chi connectivity index (χ3n) is 8.83. The molecule has 0 amide bonds. The third kappa shape index (κ3) is 6.30. The average molecular weight is 768 g/mol. The first kappa shape index (κ1) is 32.9. The summed E-state index contributed by atoms with van der Waals surface area (Å²) in [7, 11) is 1.47. The van der Waals surface area contributed by atoms with Crippen LogP contribution in [0.3, 0.4) is 0 Å². The number of hydrogen-bond donors (Lipinski definition) is 3. The monoisotopic (exact) mass is 765 g/mol. The number of aliphatic hydroxyl groups is 2. The number of aliphatic hydroxyl groups excluding tert-OH is 2. The average Bonchev–Trinajstić information content (AvgIpc) is 3.37. The summed E-state index contributed by atoms with van der Waals surface area (Å²) in [5, 5.41) is 21.0. The van der Waals surface area contributed by atoms with E-state index in [0.29, 0.717) is 26.4 Å². The van der Waals surface area contributed by atoms with Crippen molar-refractivity contribution in [2.24, 2.45) is 23.7 Å². The Kier molecular flexibility index (Phi) is 10.4. The Bertz CT molecular complexity index is 1210. The standard InChI is InChI=1S/C29H38Br3NO8/c1-12-9-13(2)29-11-17(7-8-18(29)10-19(38-6)27(36)39-23(12)16(5)35)25(41-29)24(14(3)15(4)34)40-28(37)22-20(30)21(31)26(32)33-22/h7-9,12,14-19,23-25,33-35H,10-11H2,1-6H3/b13-9+/t12-,14-,15+,16-,17-,18-,19+,23+,24-,25-,29+/m1/s1. The van der Waals surface area contributed by atoms with Crippen molar-refractivity contribution in [1.82, 2.24) is 4.98 Å². The second kappa shape index (κ2) is 12.9. The summed E-state index contributed by atoms with van der Waals surface area (Å²) in [5.74, 6) is -2.20. The lowest BCUT2D eigenvalue weighted by atomic mass is 9.69. The molecule has 0 unspecified atom stereocenters. The van der Waals surface area contributed by atoms with Gasteiger partial charge in [-0.1, -0.05) is 32.1 Å². The zero-order chi connectivity index (χ0) is 30.4. The van der Waals surface area contributed by atoms with Crippen molar-refractivity contribution in [3.8, 4) is 0 Å². The molecule has 4 rings (SSSR count). The summed E-state index contributed by atoms with van der Waals surface area (Å²) in [6, 6.07) is 0. The number of ether oxygens (including phenoxy) is 4. The quantitative estimate of drug-likeness (QED) is 0.247. The molecule has 1 spiro atoms. The minimum Gasteiger partial charge on any atom is -0.457 e. The number of cyclic esters (lactones) is 1. The molecule has 228 valence electrons. The largest absolute Gasteiger partial charge is 0.457 e. The highest BCUT2D eigenvalue weighted by molar-refractivity contribution is 9.14. The number of hydrogen-bond acceptors (Lipinski definition) is 8. The molecule has 1 saturated heterocycles. The molecule has 0 radical (unpaired) electrons. The molecular formula is C29H38Br3NO8. The van der Waals surface area contributed by atoms with Gasteiger partial charge >= 0.3 is 11.9 Å². The van der Waals surface area contributed by atoms with Crippen LogP contribution in [0, 0.1) is 23.7 Å². The fourth-order valence-electron chi connectivity index (χ4n) is 6.32. The van der Waals surface area contributed by atoms with Crippen LogP contribution in [0.1, 0.15) is 57.9 Å². The van der Waals surface area contributed by atoms with Gasteiger partial charge in [-0.3, -0.25) is 0 Å².